The van der Waals surface area contributed by atoms with Crippen LogP contribution in [0.4, 0.5) is 22.7 Å². The third kappa shape index (κ3) is 22.4. The molecule has 0 unspecified atom stereocenters. The van der Waals surface area contributed by atoms with Gasteiger partial charge in [-0.2, -0.15) is 0 Å². The minimum atomic E-state index is -4.52. The molecule has 13 heteroatoms. The van der Waals surface area contributed by atoms with Crippen LogP contribution in [-0.2, 0) is 20.2 Å². The summed E-state index contributed by atoms with van der Waals surface area (Å²) < 4.78 is 71.6. The summed E-state index contributed by atoms with van der Waals surface area (Å²) in [5.74, 6) is 0. The molecule has 2 aromatic carbocycles. The molecular formula is C50H86CaN4O6S2. The van der Waals surface area contributed by atoms with E-state index >= 15 is 0 Å². The summed E-state index contributed by atoms with van der Waals surface area (Å²) in [6.45, 7) is 4.53. The standard InChI is InChI=1S/2C25H44N2O3S.Ca/c2*1-2-3-4-5-6-7-8-9-10-11-12-13-14-15-16-19-22-25(31(28,29)30)26-23-20-17-18-21-24(23)27-25;/h2*17-18,20-21,26-27H,2-16,19,22H2,1H3,(H,28,29,30);/q;;+2/p-2. The number of anilines is 4. The third-order valence-electron chi connectivity index (χ3n) is 12.8. The zero-order chi connectivity index (χ0) is 44.8. The van der Waals surface area contributed by atoms with Crippen molar-refractivity contribution in [1.82, 2.24) is 0 Å². The smallest absolute Gasteiger partial charge is 0.745 e. The first-order chi connectivity index (χ1) is 30.0. The van der Waals surface area contributed by atoms with Gasteiger partial charge in [0.2, 0.25) is 9.99 Å². The van der Waals surface area contributed by atoms with Crippen molar-refractivity contribution in [2.24, 2.45) is 0 Å². The first-order valence-corrected chi connectivity index (χ1v) is 28.0. The number of hydrogen-bond donors (Lipinski definition) is 4. The minimum absolute atomic E-state index is 0. The Morgan fingerprint density at radius 1 is 0.349 bits per heavy atom. The third-order valence-corrected chi connectivity index (χ3v) is 15.3. The van der Waals surface area contributed by atoms with E-state index in [2.05, 4.69) is 35.1 Å². The molecule has 0 saturated carbocycles. The van der Waals surface area contributed by atoms with Crippen LogP contribution in [0, 0.1) is 0 Å². The minimum Gasteiger partial charge on any atom is -0.745 e. The topological polar surface area (TPSA) is 163 Å². The van der Waals surface area contributed by atoms with Crippen LogP contribution in [0.15, 0.2) is 48.5 Å². The van der Waals surface area contributed by atoms with Crippen molar-refractivity contribution in [3.8, 4) is 0 Å². The van der Waals surface area contributed by atoms with E-state index in [1.165, 1.54) is 167 Å². The Hall–Kier alpha value is -1.28. The van der Waals surface area contributed by atoms with Crippen LogP contribution >= 0.6 is 0 Å². The Kier molecular flexibility index (Phi) is 30.5. The summed E-state index contributed by atoms with van der Waals surface area (Å²) in [7, 11) is -9.05. The monoisotopic (exact) mass is 943 g/mol. The number of benzene rings is 2. The van der Waals surface area contributed by atoms with Crippen molar-refractivity contribution in [3.05, 3.63) is 48.5 Å². The molecule has 356 valence electrons. The molecular weight excluding hydrogens is 857 g/mol. The van der Waals surface area contributed by atoms with Gasteiger partial charge >= 0.3 is 37.7 Å². The number of hydrogen-bond acceptors (Lipinski definition) is 10. The second-order valence-corrected chi connectivity index (χ2v) is 21.5. The van der Waals surface area contributed by atoms with Gasteiger partial charge in [0.15, 0.2) is 0 Å². The summed E-state index contributed by atoms with van der Waals surface area (Å²) >= 11 is 0. The first-order valence-electron chi connectivity index (χ1n) is 25.2. The molecule has 2 aliphatic heterocycles. The van der Waals surface area contributed by atoms with Crippen molar-refractivity contribution >= 4 is 80.7 Å². The Morgan fingerprint density at radius 3 is 0.698 bits per heavy atom. The van der Waals surface area contributed by atoms with Crippen LogP contribution in [0.5, 0.6) is 0 Å². The molecule has 63 heavy (non-hydrogen) atoms. The summed E-state index contributed by atoms with van der Waals surface area (Å²) in [5, 5.41) is 11.7. The van der Waals surface area contributed by atoms with E-state index in [4.69, 9.17) is 0 Å². The van der Waals surface area contributed by atoms with Crippen molar-refractivity contribution in [1.29, 1.82) is 0 Å². The molecule has 0 radical (unpaired) electrons. The van der Waals surface area contributed by atoms with Gasteiger partial charge in [0.05, 0.1) is 22.7 Å². The van der Waals surface area contributed by atoms with E-state index in [0.29, 0.717) is 35.6 Å². The average Bonchev–Trinajstić information content (AvgIpc) is 3.84. The Morgan fingerprint density at radius 2 is 0.524 bits per heavy atom. The fourth-order valence-electron chi connectivity index (χ4n) is 8.93. The van der Waals surface area contributed by atoms with Gasteiger partial charge in [-0.1, -0.05) is 231 Å². The number of fused-ring (bicyclic) bond motifs is 2. The molecule has 0 spiro atoms. The maximum atomic E-state index is 11.9. The van der Waals surface area contributed by atoms with Crippen molar-refractivity contribution in [2.75, 3.05) is 21.3 Å². The number of unbranched alkanes of at least 4 members (excludes halogenated alkanes) is 30. The SMILES string of the molecule is CCCCCCCCCCCCCCCCCCC1(S(=O)(=O)[O-])Nc2ccccc2N1.CCCCCCCCCCCCCCCCCCC1(S(=O)(=O)[O-])Nc2ccccc2N1.[Ca+2]. The molecule has 0 aromatic heterocycles. The van der Waals surface area contributed by atoms with Gasteiger partial charge in [0.25, 0.3) is 0 Å². The van der Waals surface area contributed by atoms with Crippen LogP contribution in [0.3, 0.4) is 0 Å². The molecule has 2 heterocycles. The second-order valence-electron chi connectivity index (χ2n) is 18.3. The summed E-state index contributed by atoms with van der Waals surface area (Å²) in [6, 6.07) is 14.5. The predicted octanol–water partition coefficient (Wildman–Crippen LogP) is 14.4. The van der Waals surface area contributed by atoms with Gasteiger partial charge in [-0.05, 0) is 37.1 Å². The zero-order valence-electron chi connectivity index (χ0n) is 39.6. The maximum absolute atomic E-state index is 11.9. The van der Waals surface area contributed by atoms with E-state index in [0.717, 1.165) is 25.7 Å². The van der Waals surface area contributed by atoms with E-state index in [1.54, 1.807) is 24.3 Å². The fraction of sp³-hybridized carbons (Fsp3) is 0.760. The molecule has 2 aliphatic rings. The number of rotatable bonds is 36. The van der Waals surface area contributed by atoms with Gasteiger partial charge < -0.3 is 30.4 Å². The largest absolute Gasteiger partial charge is 2.00 e. The summed E-state index contributed by atoms with van der Waals surface area (Å²) in [6.07, 6.45) is 41.2. The van der Waals surface area contributed by atoms with E-state index in [9.17, 15) is 25.9 Å². The molecule has 4 rings (SSSR count). The maximum Gasteiger partial charge on any atom is 2.00 e. The van der Waals surface area contributed by atoms with E-state index in [-0.39, 0.29) is 50.6 Å². The Balaban J connectivity index is 0.000000427. The molecule has 0 bridgehead atoms. The normalized spacial score (nSPS) is 14.5. The van der Waals surface area contributed by atoms with Gasteiger partial charge in [0.1, 0.15) is 20.2 Å². The van der Waals surface area contributed by atoms with E-state index in [1.807, 2.05) is 24.3 Å². The predicted molar refractivity (Wildman–Crippen MR) is 266 cm³/mol. The Bertz CT molecular complexity index is 1520. The van der Waals surface area contributed by atoms with Gasteiger partial charge in [-0.15, -0.1) is 0 Å². The number of nitrogens with one attached hydrogen (secondary N) is 4. The summed E-state index contributed by atoms with van der Waals surface area (Å²) in [4.78, 5) is -3.21. The number of para-hydroxylation sites is 4. The van der Waals surface area contributed by atoms with Crippen molar-refractivity contribution in [2.45, 2.75) is 242 Å². The first kappa shape index (κ1) is 57.8. The zero-order valence-corrected chi connectivity index (χ0v) is 43.5. The quantitative estimate of drug-likeness (QED) is 0.0294. The average molecular weight is 943 g/mol. The second kappa shape index (κ2) is 33.2. The van der Waals surface area contributed by atoms with Crippen LogP contribution in [0.1, 0.15) is 232 Å². The molecule has 10 nitrogen and oxygen atoms in total. The van der Waals surface area contributed by atoms with Crippen molar-refractivity contribution < 1.29 is 25.9 Å². The molecule has 0 atom stereocenters. The van der Waals surface area contributed by atoms with Gasteiger partial charge in [0, 0.05) is 12.8 Å². The summed E-state index contributed by atoms with van der Waals surface area (Å²) in [5.41, 5.74) is 2.72. The van der Waals surface area contributed by atoms with Gasteiger partial charge in [-0.25, -0.2) is 16.8 Å². The van der Waals surface area contributed by atoms with Crippen LogP contribution < -0.4 is 21.3 Å². The fourth-order valence-corrected chi connectivity index (χ4v) is 10.7. The molecule has 0 aliphatic carbocycles. The van der Waals surface area contributed by atoms with Crippen molar-refractivity contribution in [3.63, 3.8) is 0 Å². The van der Waals surface area contributed by atoms with Gasteiger partial charge in [-0.3, -0.25) is 0 Å². The molecule has 2 aromatic rings. The molecule has 0 saturated heterocycles. The molecule has 0 fully saturated rings. The van der Waals surface area contributed by atoms with Crippen LogP contribution in [-0.4, -0.2) is 73.7 Å². The Labute approximate surface area is 415 Å². The van der Waals surface area contributed by atoms with Crippen LogP contribution in [0.25, 0.3) is 0 Å². The molecule has 4 N–H and O–H groups in total. The van der Waals surface area contributed by atoms with Crippen LogP contribution in [0.2, 0.25) is 0 Å². The molecule has 0 amide bonds. The van der Waals surface area contributed by atoms with E-state index < -0.39 is 30.2 Å².